The Morgan fingerprint density at radius 3 is 0.964 bits per heavy atom. The molecule has 0 aromatic heterocycles. The molecule has 0 bridgehead atoms. The van der Waals surface area contributed by atoms with Crippen LogP contribution in [0.1, 0.15) is 54.4 Å². The van der Waals surface area contributed by atoms with Gasteiger partial charge in [0.25, 0.3) is 0 Å². The first kappa shape index (κ1) is 25.6. The highest BCUT2D eigenvalue weighted by atomic mass is 16.6. The average Bonchev–Trinajstić information content (AvgIpc) is 2.65. The van der Waals surface area contributed by atoms with Gasteiger partial charge in [-0.3, -0.25) is 19.2 Å². The molecule has 0 aromatic rings. The van der Waals surface area contributed by atoms with E-state index in [-0.39, 0.29) is 39.3 Å². The second-order valence-electron chi connectivity index (χ2n) is 6.43. The minimum atomic E-state index is -1.52. The number of carbonyl (C=O) groups is 4. The first-order valence-corrected chi connectivity index (χ1v) is 9.47. The van der Waals surface area contributed by atoms with Crippen LogP contribution in [0.25, 0.3) is 0 Å². The highest BCUT2D eigenvalue weighted by Crippen LogP contribution is 2.29. The summed E-state index contributed by atoms with van der Waals surface area (Å²) in [5.41, 5.74) is -3.04. The zero-order valence-corrected chi connectivity index (χ0v) is 17.7. The molecule has 0 unspecified atom stereocenters. The SMILES string of the molecule is CCOC(=O)C(C)(CC=CCC(C)(C(=O)OCC)C(=O)OCC)C(=O)OCC. The van der Waals surface area contributed by atoms with Gasteiger partial charge in [-0.25, -0.2) is 0 Å². The van der Waals surface area contributed by atoms with Gasteiger partial charge >= 0.3 is 23.9 Å². The van der Waals surface area contributed by atoms with Gasteiger partial charge in [0, 0.05) is 0 Å². The molecule has 0 spiro atoms. The Morgan fingerprint density at radius 1 is 0.571 bits per heavy atom. The second-order valence-corrected chi connectivity index (χ2v) is 6.43. The van der Waals surface area contributed by atoms with E-state index in [0.717, 1.165) is 0 Å². The van der Waals surface area contributed by atoms with E-state index in [0.29, 0.717) is 0 Å². The molecular formula is C20H32O8. The van der Waals surface area contributed by atoms with Gasteiger partial charge in [-0.15, -0.1) is 0 Å². The Labute approximate surface area is 166 Å². The van der Waals surface area contributed by atoms with Crippen LogP contribution in [0.2, 0.25) is 0 Å². The number of allylic oxidation sites excluding steroid dienone is 2. The molecule has 0 atom stereocenters. The van der Waals surface area contributed by atoms with Gasteiger partial charge in [-0.05, 0) is 54.4 Å². The topological polar surface area (TPSA) is 105 Å². The molecule has 0 saturated carbocycles. The molecule has 28 heavy (non-hydrogen) atoms. The fraction of sp³-hybridized carbons (Fsp3) is 0.700. The van der Waals surface area contributed by atoms with Gasteiger partial charge in [0.1, 0.15) is 0 Å². The molecule has 8 heteroatoms. The third-order valence-electron chi connectivity index (χ3n) is 4.12. The lowest BCUT2D eigenvalue weighted by Crippen LogP contribution is -2.40. The van der Waals surface area contributed by atoms with E-state index in [1.807, 2.05) is 0 Å². The number of hydrogen-bond acceptors (Lipinski definition) is 8. The van der Waals surface area contributed by atoms with Crippen molar-refractivity contribution in [1.82, 2.24) is 0 Å². The van der Waals surface area contributed by atoms with Crippen molar-refractivity contribution >= 4 is 23.9 Å². The molecule has 0 heterocycles. The largest absolute Gasteiger partial charge is 0.465 e. The fourth-order valence-electron chi connectivity index (χ4n) is 2.30. The molecule has 0 aliphatic rings. The summed E-state index contributed by atoms with van der Waals surface area (Å²) >= 11 is 0. The van der Waals surface area contributed by atoms with Crippen molar-refractivity contribution in [1.29, 1.82) is 0 Å². The highest BCUT2D eigenvalue weighted by molar-refractivity contribution is 6.00. The lowest BCUT2D eigenvalue weighted by atomic mass is 9.84. The standard InChI is InChI=1S/C20H32O8/c1-7-25-15(21)19(5,16(22)26-8-2)13-11-12-14-20(6,17(23)27-9-3)18(24)28-10-4/h11-12H,7-10,13-14H2,1-6H3. The summed E-state index contributed by atoms with van der Waals surface area (Å²) in [5.74, 6) is -2.79. The molecule has 0 aliphatic carbocycles. The summed E-state index contributed by atoms with van der Waals surface area (Å²) in [6, 6.07) is 0. The summed E-state index contributed by atoms with van der Waals surface area (Å²) in [7, 11) is 0. The van der Waals surface area contributed by atoms with Crippen LogP contribution in [0.5, 0.6) is 0 Å². The van der Waals surface area contributed by atoms with Crippen LogP contribution in [0.4, 0.5) is 0 Å². The van der Waals surface area contributed by atoms with Crippen molar-refractivity contribution < 1.29 is 38.1 Å². The number of carbonyl (C=O) groups excluding carboxylic acids is 4. The molecule has 0 rings (SSSR count). The highest BCUT2D eigenvalue weighted by Gasteiger charge is 2.45. The van der Waals surface area contributed by atoms with Crippen LogP contribution < -0.4 is 0 Å². The molecule has 160 valence electrons. The Kier molecular flexibility index (Phi) is 11.1. The molecule has 0 aromatic carbocycles. The minimum absolute atomic E-state index is 0.00754. The summed E-state index contributed by atoms with van der Waals surface area (Å²) in [4.78, 5) is 49.0. The van der Waals surface area contributed by atoms with E-state index >= 15 is 0 Å². The summed E-state index contributed by atoms with van der Waals surface area (Å²) in [5, 5.41) is 0. The van der Waals surface area contributed by atoms with E-state index in [1.165, 1.54) is 13.8 Å². The van der Waals surface area contributed by atoms with E-state index in [2.05, 4.69) is 0 Å². The zero-order valence-electron chi connectivity index (χ0n) is 17.7. The minimum Gasteiger partial charge on any atom is -0.465 e. The normalized spacial score (nSPS) is 11.8. The van der Waals surface area contributed by atoms with Gasteiger partial charge < -0.3 is 18.9 Å². The molecule has 0 aliphatic heterocycles. The maximum Gasteiger partial charge on any atom is 0.323 e. The third kappa shape index (κ3) is 6.65. The van der Waals surface area contributed by atoms with Crippen LogP contribution in [0, 0.1) is 10.8 Å². The van der Waals surface area contributed by atoms with Crippen molar-refractivity contribution in [3.63, 3.8) is 0 Å². The van der Waals surface area contributed by atoms with Crippen molar-refractivity contribution in [2.24, 2.45) is 10.8 Å². The molecule has 0 saturated heterocycles. The smallest absolute Gasteiger partial charge is 0.323 e. The molecule has 0 amide bonds. The first-order chi connectivity index (χ1) is 13.1. The number of rotatable bonds is 12. The quantitative estimate of drug-likeness (QED) is 0.213. The van der Waals surface area contributed by atoms with Crippen molar-refractivity contribution in [2.75, 3.05) is 26.4 Å². The molecular weight excluding hydrogens is 368 g/mol. The lowest BCUT2D eigenvalue weighted by molar-refractivity contribution is -0.172. The average molecular weight is 400 g/mol. The number of esters is 4. The van der Waals surface area contributed by atoms with Crippen molar-refractivity contribution in [2.45, 2.75) is 54.4 Å². The van der Waals surface area contributed by atoms with Gasteiger partial charge in [0.15, 0.2) is 10.8 Å². The van der Waals surface area contributed by atoms with Crippen LogP contribution in [-0.2, 0) is 38.1 Å². The van der Waals surface area contributed by atoms with E-state index in [4.69, 9.17) is 18.9 Å². The van der Waals surface area contributed by atoms with E-state index in [9.17, 15) is 19.2 Å². The van der Waals surface area contributed by atoms with Crippen molar-refractivity contribution in [3.05, 3.63) is 12.2 Å². The summed E-state index contributed by atoms with van der Waals surface area (Å²) in [6.45, 7) is 9.94. The van der Waals surface area contributed by atoms with Gasteiger partial charge in [0.05, 0.1) is 26.4 Å². The zero-order chi connectivity index (χ0) is 21.8. The third-order valence-corrected chi connectivity index (χ3v) is 4.12. The summed E-state index contributed by atoms with van der Waals surface area (Å²) < 4.78 is 20.0. The monoisotopic (exact) mass is 400 g/mol. The number of hydrogen-bond donors (Lipinski definition) is 0. The number of ether oxygens (including phenoxy) is 4. The second kappa shape index (κ2) is 12.2. The predicted molar refractivity (Wildman–Crippen MR) is 101 cm³/mol. The molecule has 0 radical (unpaired) electrons. The molecule has 8 nitrogen and oxygen atoms in total. The maximum absolute atomic E-state index is 12.3. The summed E-state index contributed by atoms with van der Waals surface area (Å²) in [6.07, 6.45) is 3.08. The lowest BCUT2D eigenvalue weighted by Gasteiger charge is -2.25. The predicted octanol–water partition coefficient (Wildman–Crippen LogP) is 2.59. The van der Waals surface area contributed by atoms with Gasteiger partial charge in [-0.2, -0.15) is 0 Å². The Bertz CT molecular complexity index is 493. The van der Waals surface area contributed by atoms with Crippen molar-refractivity contribution in [3.8, 4) is 0 Å². The fourth-order valence-corrected chi connectivity index (χ4v) is 2.30. The molecule has 0 fully saturated rings. The van der Waals surface area contributed by atoms with Gasteiger partial charge in [-0.1, -0.05) is 12.2 Å². The van der Waals surface area contributed by atoms with E-state index < -0.39 is 34.7 Å². The van der Waals surface area contributed by atoms with Crippen LogP contribution >= 0.6 is 0 Å². The van der Waals surface area contributed by atoms with Gasteiger partial charge in [0.2, 0.25) is 0 Å². The Balaban J connectivity index is 5.41. The molecule has 0 N–H and O–H groups in total. The van der Waals surface area contributed by atoms with E-state index in [1.54, 1.807) is 39.8 Å². The maximum atomic E-state index is 12.3. The first-order valence-electron chi connectivity index (χ1n) is 9.47. The Hall–Kier alpha value is -2.38. The van der Waals surface area contributed by atoms with Crippen LogP contribution in [-0.4, -0.2) is 50.3 Å². The van der Waals surface area contributed by atoms with Crippen LogP contribution in [0.3, 0.4) is 0 Å². The van der Waals surface area contributed by atoms with Crippen LogP contribution in [0.15, 0.2) is 12.2 Å². The Morgan fingerprint density at radius 2 is 0.786 bits per heavy atom.